The molecule has 1 amide bonds. The molecule has 2 saturated heterocycles. The minimum atomic E-state index is 0.0374. The van der Waals surface area contributed by atoms with Gasteiger partial charge in [0, 0.05) is 43.0 Å². The smallest absolute Gasteiger partial charge is 0.257 e. The lowest BCUT2D eigenvalue weighted by Crippen LogP contribution is -2.51. The minimum absolute atomic E-state index is 0.0374. The zero-order valence-electron chi connectivity index (χ0n) is 17.1. The van der Waals surface area contributed by atoms with E-state index in [1.54, 1.807) is 11.3 Å². The van der Waals surface area contributed by atoms with Gasteiger partial charge in [0.05, 0.1) is 23.9 Å². The van der Waals surface area contributed by atoms with Crippen molar-refractivity contribution in [3.8, 4) is 5.75 Å². The van der Waals surface area contributed by atoms with Crippen LogP contribution >= 0.6 is 11.3 Å². The molecule has 2 aromatic rings. The predicted molar refractivity (Wildman–Crippen MR) is 115 cm³/mol. The SMILES string of the molecule is CC(C)Oc1ccccc1C(=O)N1CCc2nc(N3C4CCC3CNC4)sc2C1. The van der Waals surface area contributed by atoms with Gasteiger partial charge in [0.1, 0.15) is 5.75 Å². The number of benzene rings is 1. The molecule has 2 atom stereocenters. The Morgan fingerprint density at radius 1 is 1.24 bits per heavy atom. The van der Waals surface area contributed by atoms with E-state index in [1.165, 1.54) is 23.4 Å². The van der Waals surface area contributed by atoms with Crippen LogP contribution < -0.4 is 15.0 Å². The summed E-state index contributed by atoms with van der Waals surface area (Å²) >= 11 is 1.78. The molecule has 3 aliphatic heterocycles. The fourth-order valence-electron chi connectivity index (χ4n) is 4.73. The molecule has 2 fully saturated rings. The van der Waals surface area contributed by atoms with Crippen LogP contribution in [0.25, 0.3) is 0 Å². The van der Waals surface area contributed by atoms with Crippen LogP contribution in [-0.2, 0) is 13.0 Å². The summed E-state index contributed by atoms with van der Waals surface area (Å²) in [6.07, 6.45) is 3.36. The fourth-order valence-corrected chi connectivity index (χ4v) is 5.99. The van der Waals surface area contributed by atoms with E-state index in [0.29, 0.717) is 36.5 Å². The molecule has 29 heavy (non-hydrogen) atoms. The molecule has 6 nitrogen and oxygen atoms in total. The van der Waals surface area contributed by atoms with Crippen LogP contribution in [-0.4, -0.2) is 53.6 Å². The third kappa shape index (κ3) is 3.51. The molecule has 0 radical (unpaired) electrons. The molecular weight excluding hydrogens is 384 g/mol. The van der Waals surface area contributed by atoms with Crippen molar-refractivity contribution in [1.29, 1.82) is 0 Å². The van der Waals surface area contributed by atoms with Crippen molar-refractivity contribution in [1.82, 2.24) is 15.2 Å². The summed E-state index contributed by atoms with van der Waals surface area (Å²) in [4.78, 5) is 24.0. The van der Waals surface area contributed by atoms with E-state index in [9.17, 15) is 4.79 Å². The Kier molecular flexibility index (Phi) is 4.95. The third-order valence-corrected chi connectivity index (χ3v) is 7.18. The average Bonchev–Trinajstić information content (AvgIpc) is 3.24. The van der Waals surface area contributed by atoms with Gasteiger partial charge in [0.25, 0.3) is 5.91 Å². The first kappa shape index (κ1) is 18.9. The van der Waals surface area contributed by atoms with Crippen molar-refractivity contribution in [3.63, 3.8) is 0 Å². The maximum Gasteiger partial charge on any atom is 0.257 e. The predicted octanol–water partition coefficient (Wildman–Crippen LogP) is 3.07. The van der Waals surface area contributed by atoms with Gasteiger partial charge in [0.15, 0.2) is 5.13 Å². The highest BCUT2D eigenvalue weighted by atomic mass is 32.1. The van der Waals surface area contributed by atoms with Gasteiger partial charge in [-0.2, -0.15) is 0 Å². The molecule has 1 aromatic carbocycles. The van der Waals surface area contributed by atoms with E-state index in [1.807, 2.05) is 43.0 Å². The number of piperazine rings is 1. The number of nitrogens with zero attached hydrogens (tertiary/aromatic N) is 3. The maximum atomic E-state index is 13.2. The van der Waals surface area contributed by atoms with Crippen molar-refractivity contribution in [3.05, 3.63) is 40.4 Å². The molecule has 0 spiro atoms. The molecule has 1 aromatic heterocycles. The topological polar surface area (TPSA) is 57.7 Å². The van der Waals surface area contributed by atoms with Gasteiger partial charge in [0.2, 0.25) is 0 Å². The number of anilines is 1. The standard InChI is InChI=1S/C22H28N4O2S/c1-14(2)28-19-6-4-3-5-17(19)21(27)25-10-9-18-20(13-25)29-22(24-18)26-15-7-8-16(26)12-23-11-15/h3-6,14-16,23H,7-13H2,1-2H3. The Balaban J connectivity index is 1.35. The highest BCUT2D eigenvalue weighted by molar-refractivity contribution is 7.15. The molecule has 7 heteroatoms. The molecule has 0 saturated carbocycles. The number of aromatic nitrogens is 1. The second kappa shape index (κ2) is 7.61. The molecule has 0 aliphatic carbocycles. The van der Waals surface area contributed by atoms with E-state index >= 15 is 0 Å². The lowest BCUT2D eigenvalue weighted by atomic mass is 10.1. The first-order chi connectivity index (χ1) is 14.1. The van der Waals surface area contributed by atoms with E-state index in [0.717, 1.165) is 24.6 Å². The molecule has 4 heterocycles. The monoisotopic (exact) mass is 412 g/mol. The van der Waals surface area contributed by atoms with E-state index in [4.69, 9.17) is 9.72 Å². The number of carbonyl (C=O) groups is 1. The first-order valence-corrected chi connectivity index (χ1v) is 11.4. The Bertz CT molecular complexity index is 896. The number of carbonyl (C=O) groups excluding carboxylic acids is 1. The van der Waals surface area contributed by atoms with Crippen LogP contribution in [0.2, 0.25) is 0 Å². The zero-order valence-corrected chi connectivity index (χ0v) is 17.9. The van der Waals surface area contributed by atoms with Gasteiger partial charge < -0.3 is 19.9 Å². The Morgan fingerprint density at radius 3 is 2.76 bits per heavy atom. The van der Waals surface area contributed by atoms with Gasteiger partial charge in [-0.15, -0.1) is 0 Å². The lowest BCUT2D eigenvalue weighted by Gasteiger charge is -2.35. The molecule has 2 bridgehead atoms. The second-order valence-electron chi connectivity index (χ2n) is 8.46. The summed E-state index contributed by atoms with van der Waals surface area (Å²) in [5, 5.41) is 4.69. The van der Waals surface area contributed by atoms with Crippen molar-refractivity contribution in [2.24, 2.45) is 0 Å². The van der Waals surface area contributed by atoms with Crippen LogP contribution in [0.3, 0.4) is 0 Å². The normalized spacial score (nSPS) is 23.4. The number of para-hydroxylation sites is 1. The number of amides is 1. The highest BCUT2D eigenvalue weighted by Crippen LogP contribution is 2.38. The largest absolute Gasteiger partial charge is 0.490 e. The van der Waals surface area contributed by atoms with Gasteiger partial charge in [-0.25, -0.2) is 4.98 Å². The van der Waals surface area contributed by atoms with Gasteiger partial charge in [-0.05, 0) is 38.8 Å². The van der Waals surface area contributed by atoms with Crippen LogP contribution in [0, 0.1) is 0 Å². The van der Waals surface area contributed by atoms with Crippen LogP contribution in [0.4, 0.5) is 5.13 Å². The fraction of sp³-hybridized carbons (Fsp3) is 0.545. The van der Waals surface area contributed by atoms with Gasteiger partial charge >= 0.3 is 0 Å². The number of thiazole rings is 1. The van der Waals surface area contributed by atoms with Crippen LogP contribution in [0.15, 0.2) is 24.3 Å². The Hall–Kier alpha value is -2.12. The van der Waals surface area contributed by atoms with Crippen LogP contribution in [0.1, 0.15) is 47.6 Å². The minimum Gasteiger partial charge on any atom is -0.490 e. The summed E-state index contributed by atoms with van der Waals surface area (Å²) in [7, 11) is 0. The lowest BCUT2D eigenvalue weighted by molar-refractivity contribution is 0.0730. The summed E-state index contributed by atoms with van der Waals surface area (Å²) in [5.74, 6) is 0.713. The third-order valence-electron chi connectivity index (χ3n) is 6.09. The molecule has 2 unspecified atom stereocenters. The Morgan fingerprint density at radius 2 is 2.00 bits per heavy atom. The number of hydrogen-bond acceptors (Lipinski definition) is 6. The van der Waals surface area contributed by atoms with Crippen molar-refractivity contribution < 1.29 is 9.53 Å². The van der Waals surface area contributed by atoms with E-state index in [-0.39, 0.29) is 12.0 Å². The summed E-state index contributed by atoms with van der Waals surface area (Å²) in [6, 6.07) is 8.71. The zero-order chi connectivity index (χ0) is 20.0. The summed E-state index contributed by atoms with van der Waals surface area (Å²) in [5.41, 5.74) is 1.83. The number of fused-ring (bicyclic) bond motifs is 3. The van der Waals surface area contributed by atoms with E-state index in [2.05, 4.69) is 10.2 Å². The molecular formula is C22H28N4O2S. The number of ether oxygens (including phenoxy) is 1. The van der Waals surface area contributed by atoms with Crippen molar-refractivity contribution in [2.75, 3.05) is 24.5 Å². The molecule has 5 rings (SSSR count). The quantitative estimate of drug-likeness (QED) is 0.836. The first-order valence-electron chi connectivity index (χ1n) is 10.6. The van der Waals surface area contributed by atoms with Crippen molar-refractivity contribution in [2.45, 2.75) is 57.8 Å². The maximum absolute atomic E-state index is 13.2. The second-order valence-corrected chi connectivity index (χ2v) is 9.52. The molecule has 1 N–H and O–H groups in total. The number of nitrogens with one attached hydrogen (secondary N) is 1. The summed E-state index contributed by atoms with van der Waals surface area (Å²) < 4.78 is 5.87. The van der Waals surface area contributed by atoms with Gasteiger partial charge in [-0.1, -0.05) is 23.5 Å². The highest BCUT2D eigenvalue weighted by Gasteiger charge is 2.39. The van der Waals surface area contributed by atoms with Crippen LogP contribution in [0.5, 0.6) is 5.75 Å². The molecule has 3 aliphatic rings. The summed E-state index contributed by atoms with van der Waals surface area (Å²) in [6.45, 7) is 7.42. The number of rotatable bonds is 4. The molecule has 154 valence electrons. The van der Waals surface area contributed by atoms with Crippen molar-refractivity contribution >= 4 is 22.4 Å². The Labute approximate surface area is 175 Å². The average molecular weight is 413 g/mol. The van der Waals surface area contributed by atoms with E-state index < -0.39 is 0 Å². The number of hydrogen-bond donors (Lipinski definition) is 1. The van der Waals surface area contributed by atoms with Gasteiger partial charge in [-0.3, -0.25) is 4.79 Å².